The third kappa shape index (κ3) is 4.95. The molecule has 4 aromatic rings. The average molecular weight is 525 g/mol. The molecule has 3 aromatic carbocycles. The van der Waals surface area contributed by atoms with Crippen molar-refractivity contribution < 1.29 is 18.7 Å². The Morgan fingerprint density at radius 1 is 0.897 bits per heavy atom. The molecule has 0 radical (unpaired) electrons. The molecule has 200 valence electrons. The van der Waals surface area contributed by atoms with Crippen LogP contribution in [-0.2, 0) is 11.3 Å². The van der Waals surface area contributed by atoms with Crippen LogP contribution >= 0.6 is 0 Å². The van der Waals surface area contributed by atoms with E-state index in [-0.39, 0.29) is 17.1 Å². The van der Waals surface area contributed by atoms with Crippen LogP contribution in [0.3, 0.4) is 0 Å². The van der Waals surface area contributed by atoms with E-state index in [2.05, 4.69) is 4.90 Å². The number of benzene rings is 3. The molecular formula is C32H32N2O5. The van der Waals surface area contributed by atoms with Gasteiger partial charge in [0.05, 0.1) is 30.2 Å². The lowest BCUT2D eigenvalue weighted by Gasteiger charge is -2.31. The first-order chi connectivity index (χ1) is 19.0. The highest BCUT2D eigenvalue weighted by Gasteiger charge is 2.42. The van der Waals surface area contributed by atoms with Gasteiger partial charge in [-0.1, -0.05) is 42.5 Å². The first-order valence-corrected chi connectivity index (χ1v) is 13.5. The number of carbonyl (C=O) groups excluding carboxylic acids is 1. The molecule has 2 aliphatic rings. The topological polar surface area (TPSA) is 72.2 Å². The van der Waals surface area contributed by atoms with Gasteiger partial charge in [-0.25, -0.2) is 0 Å². The van der Waals surface area contributed by atoms with Crippen molar-refractivity contribution in [3.63, 3.8) is 0 Å². The maximum absolute atomic E-state index is 13.9. The molecule has 39 heavy (non-hydrogen) atoms. The minimum atomic E-state index is -0.529. The maximum atomic E-state index is 13.9. The highest BCUT2D eigenvalue weighted by Crippen LogP contribution is 2.38. The second-order valence-electron chi connectivity index (χ2n) is 10.3. The highest BCUT2D eigenvalue weighted by atomic mass is 16.5. The van der Waals surface area contributed by atoms with Gasteiger partial charge in [0, 0.05) is 26.2 Å². The van der Waals surface area contributed by atoms with Crippen LogP contribution in [0.1, 0.15) is 44.4 Å². The van der Waals surface area contributed by atoms with E-state index in [4.69, 9.17) is 13.9 Å². The van der Waals surface area contributed by atoms with Gasteiger partial charge < -0.3 is 18.8 Å². The molecule has 0 saturated carbocycles. The Morgan fingerprint density at radius 2 is 1.62 bits per heavy atom. The number of amides is 1. The van der Waals surface area contributed by atoms with Crippen molar-refractivity contribution in [1.82, 2.24) is 9.80 Å². The largest absolute Gasteiger partial charge is 0.489 e. The van der Waals surface area contributed by atoms with Crippen LogP contribution in [0.25, 0.3) is 11.0 Å². The molecule has 1 aromatic heterocycles. The molecule has 1 atom stereocenters. The molecule has 0 bridgehead atoms. The van der Waals surface area contributed by atoms with Crippen molar-refractivity contribution in [2.75, 3.05) is 39.4 Å². The summed E-state index contributed by atoms with van der Waals surface area (Å²) in [5.41, 5.74) is 4.69. The lowest BCUT2D eigenvalue weighted by atomic mass is 9.97. The van der Waals surface area contributed by atoms with Crippen LogP contribution in [0.5, 0.6) is 5.75 Å². The summed E-state index contributed by atoms with van der Waals surface area (Å²) in [5, 5.41) is 0.507. The molecule has 1 saturated heterocycles. The number of nitrogens with zero attached hydrogens (tertiary/aromatic N) is 2. The molecule has 7 nitrogen and oxygen atoms in total. The first-order valence-electron chi connectivity index (χ1n) is 13.5. The summed E-state index contributed by atoms with van der Waals surface area (Å²) in [4.78, 5) is 31.7. The average Bonchev–Trinajstić information content (AvgIpc) is 3.24. The van der Waals surface area contributed by atoms with Crippen molar-refractivity contribution >= 4 is 16.9 Å². The van der Waals surface area contributed by atoms with Crippen LogP contribution < -0.4 is 10.2 Å². The SMILES string of the molecule is Cc1cc2oc3c(c(=O)c2cc1C)C(c1ccc(OCc2ccccc2)cc1)N(CCN1CCOCC1)C3=O. The third-order valence-electron chi connectivity index (χ3n) is 7.79. The number of hydrogen-bond acceptors (Lipinski definition) is 6. The summed E-state index contributed by atoms with van der Waals surface area (Å²) in [5.74, 6) is 0.626. The van der Waals surface area contributed by atoms with Gasteiger partial charge in [-0.3, -0.25) is 14.5 Å². The van der Waals surface area contributed by atoms with Gasteiger partial charge in [0.1, 0.15) is 17.9 Å². The van der Waals surface area contributed by atoms with E-state index < -0.39 is 6.04 Å². The number of rotatable bonds is 7. The maximum Gasteiger partial charge on any atom is 0.290 e. The van der Waals surface area contributed by atoms with Crippen molar-refractivity contribution in [2.45, 2.75) is 26.5 Å². The van der Waals surface area contributed by atoms with E-state index in [0.29, 0.717) is 49.4 Å². The Hall–Kier alpha value is -3.94. The Balaban J connectivity index is 1.35. The monoisotopic (exact) mass is 524 g/mol. The summed E-state index contributed by atoms with van der Waals surface area (Å²) < 4.78 is 17.6. The normalized spacial score (nSPS) is 17.5. The predicted molar refractivity (Wildman–Crippen MR) is 149 cm³/mol. The molecule has 1 fully saturated rings. The van der Waals surface area contributed by atoms with Gasteiger partial charge in [-0.2, -0.15) is 0 Å². The number of morpholine rings is 1. The molecular weight excluding hydrogens is 492 g/mol. The number of ether oxygens (including phenoxy) is 2. The fourth-order valence-electron chi connectivity index (χ4n) is 5.41. The van der Waals surface area contributed by atoms with Crippen LogP contribution in [0.15, 0.2) is 75.9 Å². The Bertz CT molecular complexity index is 1560. The lowest BCUT2D eigenvalue weighted by Crippen LogP contribution is -2.42. The smallest absolute Gasteiger partial charge is 0.290 e. The van der Waals surface area contributed by atoms with E-state index >= 15 is 0 Å². The quantitative estimate of drug-likeness (QED) is 0.344. The van der Waals surface area contributed by atoms with Crippen LogP contribution in [0.2, 0.25) is 0 Å². The van der Waals surface area contributed by atoms with Gasteiger partial charge in [0.15, 0.2) is 5.43 Å². The summed E-state index contributed by atoms with van der Waals surface area (Å²) in [6.45, 7) is 8.62. The van der Waals surface area contributed by atoms with E-state index in [1.807, 2.05) is 80.6 Å². The number of carbonyl (C=O) groups is 1. The van der Waals surface area contributed by atoms with E-state index in [1.54, 1.807) is 4.90 Å². The zero-order chi connectivity index (χ0) is 26.9. The van der Waals surface area contributed by atoms with E-state index in [1.165, 1.54) is 0 Å². The molecule has 1 unspecified atom stereocenters. The predicted octanol–water partition coefficient (Wildman–Crippen LogP) is 4.87. The van der Waals surface area contributed by atoms with Crippen molar-refractivity contribution in [3.8, 4) is 5.75 Å². The van der Waals surface area contributed by atoms with Crippen LogP contribution in [-0.4, -0.2) is 55.1 Å². The fraction of sp³-hybridized carbons (Fsp3) is 0.312. The molecule has 2 aliphatic heterocycles. The Morgan fingerprint density at radius 3 is 2.36 bits per heavy atom. The fourth-order valence-corrected chi connectivity index (χ4v) is 5.41. The standard InChI is InChI=1S/C32H32N2O5/c1-21-18-26-27(19-22(21)2)39-31-28(30(26)35)29(34(32(31)36)13-12-33-14-16-37-17-15-33)24-8-10-25(11-9-24)38-20-23-6-4-3-5-7-23/h3-11,18-19,29H,12-17,20H2,1-2H3. The second-order valence-corrected chi connectivity index (χ2v) is 10.3. The number of aryl methyl sites for hydroxylation is 2. The highest BCUT2D eigenvalue weighted by molar-refractivity contribution is 5.99. The zero-order valence-corrected chi connectivity index (χ0v) is 22.3. The number of hydrogen-bond donors (Lipinski definition) is 0. The van der Waals surface area contributed by atoms with Gasteiger partial charge in [-0.15, -0.1) is 0 Å². The summed E-state index contributed by atoms with van der Waals surface area (Å²) in [7, 11) is 0. The Kier molecular flexibility index (Phi) is 6.94. The summed E-state index contributed by atoms with van der Waals surface area (Å²) in [6.07, 6.45) is 0. The summed E-state index contributed by atoms with van der Waals surface area (Å²) in [6, 6.07) is 20.9. The molecule has 1 amide bonds. The van der Waals surface area contributed by atoms with Crippen LogP contribution in [0, 0.1) is 13.8 Å². The number of fused-ring (bicyclic) bond motifs is 2. The van der Waals surface area contributed by atoms with Crippen LogP contribution in [0.4, 0.5) is 0 Å². The van der Waals surface area contributed by atoms with Crippen molar-refractivity contribution in [3.05, 3.63) is 111 Å². The van der Waals surface area contributed by atoms with Gasteiger partial charge >= 0.3 is 0 Å². The van der Waals surface area contributed by atoms with Crippen molar-refractivity contribution in [1.29, 1.82) is 0 Å². The van der Waals surface area contributed by atoms with Gasteiger partial charge in [0.25, 0.3) is 5.91 Å². The first kappa shape index (κ1) is 25.3. The molecule has 0 spiro atoms. The minimum absolute atomic E-state index is 0.145. The third-order valence-corrected chi connectivity index (χ3v) is 7.79. The second kappa shape index (κ2) is 10.7. The molecule has 0 N–H and O–H groups in total. The lowest BCUT2D eigenvalue weighted by molar-refractivity contribution is 0.0314. The minimum Gasteiger partial charge on any atom is -0.489 e. The molecule has 6 rings (SSSR count). The van der Waals surface area contributed by atoms with E-state index in [0.717, 1.165) is 41.1 Å². The summed E-state index contributed by atoms with van der Waals surface area (Å²) >= 11 is 0. The van der Waals surface area contributed by atoms with Gasteiger partial charge in [0.2, 0.25) is 5.76 Å². The van der Waals surface area contributed by atoms with Crippen molar-refractivity contribution in [2.24, 2.45) is 0 Å². The Labute approximate surface area is 227 Å². The molecule has 0 aliphatic carbocycles. The van der Waals surface area contributed by atoms with E-state index in [9.17, 15) is 9.59 Å². The zero-order valence-electron chi connectivity index (χ0n) is 22.3. The molecule has 3 heterocycles. The van der Waals surface area contributed by atoms with Gasteiger partial charge in [-0.05, 0) is 60.4 Å². The molecule has 7 heteroatoms.